The number of hydrogen-bond acceptors (Lipinski definition) is 5. The van der Waals surface area contributed by atoms with Gasteiger partial charge in [-0.05, 0) is 0 Å². The summed E-state index contributed by atoms with van der Waals surface area (Å²) in [5.74, 6) is -0.530. The van der Waals surface area contributed by atoms with Crippen LogP contribution in [0, 0.1) is 0 Å². The lowest BCUT2D eigenvalue weighted by Gasteiger charge is -2.06. The highest BCUT2D eigenvalue weighted by atomic mass is 16.6. The largest absolute Gasteiger partial charge is 0.461 e. The molecule has 0 aromatic heterocycles. The molecule has 0 saturated carbocycles. The molecule has 0 aromatic rings. The van der Waals surface area contributed by atoms with Crippen molar-refractivity contribution in [1.82, 2.24) is 5.32 Å². The number of esters is 1. The Morgan fingerprint density at radius 3 is 2.53 bits per heavy atom. The van der Waals surface area contributed by atoms with Crippen molar-refractivity contribution in [2.45, 2.75) is 0 Å². The number of amides is 1. The third kappa shape index (κ3) is 10.5. The van der Waals surface area contributed by atoms with Crippen molar-refractivity contribution >= 4 is 12.1 Å². The molecule has 0 aliphatic heterocycles. The van der Waals surface area contributed by atoms with E-state index in [1.54, 1.807) is 6.08 Å². The van der Waals surface area contributed by atoms with Crippen LogP contribution in [0.5, 0.6) is 0 Å². The zero-order valence-electron chi connectivity index (χ0n) is 9.65. The fourth-order valence-corrected chi connectivity index (χ4v) is 0.775. The van der Waals surface area contributed by atoms with E-state index < -0.39 is 12.1 Å². The highest BCUT2D eigenvalue weighted by Crippen LogP contribution is 1.82. The SMILES string of the molecule is C=CCOCCOC(=O)NCCOC(=O)C=C. The van der Waals surface area contributed by atoms with Gasteiger partial charge in [0.15, 0.2) is 0 Å². The minimum Gasteiger partial charge on any atom is -0.461 e. The second-order valence-electron chi connectivity index (χ2n) is 2.80. The van der Waals surface area contributed by atoms with Gasteiger partial charge in [-0.1, -0.05) is 12.7 Å². The minimum atomic E-state index is -0.582. The summed E-state index contributed by atoms with van der Waals surface area (Å²) >= 11 is 0. The van der Waals surface area contributed by atoms with Crippen LogP contribution in [0.1, 0.15) is 0 Å². The summed E-state index contributed by atoms with van der Waals surface area (Å²) in [6.45, 7) is 7.85. The molecule has 96 valence electrons. The van der Waals surface area contributed by atoms with Crippen molar-refractivity contribution in [3.63, 3.8) is 0 Å². The molecule has 0 atom stereocenters. The minimum absolute atomic E-state index is 0.0763. The number of alkyl carbamates (subject to hydrolysis) is 1. The first-order valence-electron chi connectivity index (χ1n) is 5.09. The molecule has 0 bridgehead atoms. The summed E-state index contributed by atoms with van der Waals surface area (Å²) < 4.78 is 14.4. The zero-order valence-corrected chi connectivity index (χ0v) is 9.65. The molecule has 0 unspecified atom stereocenters. The van der Waals surface area contributed by atoms with E-state index in [4.69, 9.17) is 9.47 Å². The highest BCUT2D eigenvalue weighted by molar-refractivity contribution is 5.81. The van der Waals surface area contributed by atoms with Gasteiger partial charge in [-0.3, -0.25) is 0 Å². The van der Waals surface area contributed by atoms with Crippen molar-refractivity contribution in [1.29, 1.82) is 0 Å². The molecule has 0 aliphatic rings. The number of ether oxygens (including phenoxy) is 3. The quantitative estimate of drug-likeness (QED) is 0.278. The first kappa shape index (κ1) is 15.2. The maximum atomic E-state index is 11.0. The average Bonchev–Trinajstić information content (AvgIpc) is 2.34. The summed E-state index contributed by atoms with van der Waals surface area (Å²) in [4.78, 5) is 21.6. The number of nitrogens with one attached hydrogen (secondary N) is 1. The molecule has 0 saturated heterocycles. The second-order valence-corrected chi connectivity index (χ2v) is 2.80. The molecular formula is C11H17NO5. The summed E-state index contributed by atoms with van der Waals surface area (Å²) in [7, 11) is 0. The monoisotopic (exact) mass is 243 g/mol. The predicted octanol–water partition coefficient (Wildman–Crippen LogP) is 0.644. The Labute approximate surface area is 100 Å². The Balaban J connectivity index is 3.31. The number of rotatable bonds is 9. The van der Waals surface area contributed by atoms with Crippen LogP contribution in [0.4, 0.5) is 4.79 Å². The Morgan fingerprint density at radius 1 is 1.12 bits per heavy atom. The predicted molar refractivity (Wildman–Crippen MR) is 61.5 cm³/mol. The first-order valence-corrected chi connectivity index (χ1v) is 5.09. The van der Waals surface area contributed by atoms with Gasteiger partial charge in [0, 0.05) is 6.08 Å². The van der Waals surface area contributed by atoms with E-state index in [1.807, 2.05) is 0 Å². The van der Waals surface area contributed by atoms with Gasteiger partial charge in [-0.25, -0.2) is 9.59 Å². The first-order chi connectivity index (χ1) is 8.20. The van der Waals surface area contributed by atoms with Crippen LogP contribution >= 0.6 is 0 Å². The van der Waals surface area contributed by atoms with Crippen molar-refractivity contribution in [2.24, 2.45) is 0 Å². The molecule has 0 rings (SSSR count). The lowest BCUT2D eigenvalue weighted by Crippen LogP contribution is -2.29. The van der Waals surface area contributed by atoms with Crippen LogP contribution in [0.15, 0.2) is 25.3 Å². The van der Waals surface area contributed by atoms with Crippen LogP contribution in [-0.2, 0) is 19.0 Å². The number of hydrogen-bond donors (Lipinski definition) is 1. The summed E-state index contributed by atoms with van der Waals surface area (Å²) in [5.41, 5.74) is 0. The van der Waals surface area contributed by atoms with Gasteiger partial charge in [0.05, 0.1) is 19.8 Å². The molecule has 17 heavy (non-hydrogen) atoms. The van der Waals surface area contributed by atoms with Crippen LogP contribution in [0.25, 0.3) is 0 Å². The molecule has 0 heterocycles. The molecule has 6 heteroatoms. The van der Waals surface area contributed by atoms with Crippen molar-refractivity contribution in [3.05, 3.63) is 25.3 Å². The summed E-state index contributed by atoms with van der Waals surface area (Å²) in [5, 5.41) is 2.40. The van der Waals surface area contributed by atoms with Gasteiger partial charge >= 0.3 is 12.1 Å². The molecule has 6 nitrogen and oxygen atoms in total. The summed E-state index contributed by atoms with van der Waals surface area (Å²) in [6, 6.07) is 0. The molecule has 0 fully saturated rings. The summed E-state index contributed by atoms with van der Waals surface area (Å²) in [6.07, 6.45) is 2.07. The van der Waals surface area contributed by atoms with E-state index in [-0.39, 0.29) is 19.8 Å². The Morgan fingerprint density at radius 2 is 1.88 bits per heavy atom. The standard InChI is InChI=1S/C11H17NO5/c1-3-6-15-8-9-17-11(14)12-5-7-16-10(13)4-2/h3-4H,1-2,5-9H2,(H,12,14). The molecule has 1 N–H and O–H groups in total. The van der Waals surface area contributed by atoms with Crippen LogP contribution < -0.4 is 5.32 Å². The third-order valence-electron chi connectivity index (χ3n) is 1.48. The third-order valence-corrected chi connectivity index (χ3v) is 1.48. The topological polar surface area (TPSA) is 73.9 Å². The van der Waals surface area contributed by atoms with Gasteiger partial charge in [-0.15, -0.1) is 6.58 Å². The maximum absolute atomic E-state index is 11.0. The fraction of sp³-hybridized carbons (Fsp3) is 0.455. The lowest BCUT2D eigenvalue weighted by atomic mass is 10.6. The van der Waals surface area contributed by atoms with Crippen LogP contribution in [0.2, 0.25) is 0 Å². The molecule has 0 spiro atoms. The molecular weight excluding hydrogens is 226 g/mol. The lowest BCUT2D eigenvalue weighted by molar-refractivity contribution is -0.137. The molecule has 0 aromatic carbocycles. The molecule has 0 aliphatic carbocycles. The van der Waals surface area contributed by atoms with Gasteiger partial charge in [0.2, 0.25) is 0 Å². The second kappa shape index (κ2) is 10.7. The van der Waals surface area contributed by atoms with E-state index in [2.05, 4.69) is 23.2 Å². The van der Waals surface area contributed by atoms with Gasteiger partial charge in [-0.2, -0.15) is 0 Å². The van der Waals surface area contributed by atoms with E-state index in [9.17, 15) is 9.59 Å². The van der Waals surface area contributed by atoms with E-state index in [0.717, 1.165) is 6.08 Å². The van der Waals surface area contributed by atoms with Crippen molar-refractivity contribution in [2.75, 3.05) is 33.0 Å². The van der Waals surface area contributed by atoms with E-state index in [1.165, 1.54) is 0 Å². The van der Waals surface area contributed by atoms with E-state index >= 15 is 0 Å². The highest BCUT2D eigenvalue weighted by Gasteiger charge is 2.01. The van der Waals surface area contributed by atoms with Gasteiger partial charge in [0.25, 0.3) is 0 Å². The average molecular weight is 243 g/mol. The molecule has 1 amide bonds. The Kier molecular flexibility index (Phi) is 9.55. The van der Waals surface area contributed by atoms with Gasteiger partial charge < -0.3 is 19.5 Å². The maximum Gasteiger partial charge on any atom is 0.407 e. The zero-order chi connectivity index (χ0) is 12.9. The Bertz CT molecular complexity index is 265. The van der Waals surface area contributed by atoms with E-state index in [0.29, 0.717) is 13.2 Å². The Hall–Kier alpha value is -1.82. The van der Waals surface area contributed by atoms with Crippen molar-refractivity contribution < 1.29 is 23.8 Å². The number of carbonyl (C=O) groups is 2. The van der Waals surface area contributed by atoms with Crippen LogP contribution in [-0.4, -0.2) is 45.0 Å². The molecule has 0 radical (unpaired) electrons. The van der Waals surface area contributed by atoms with Gasteiger partial charge in [0.1, 0.15) is 13.2 Å². The van der Waals surface area contributed by atoms with Crippen molar-refractivity contribution in [3.8, 4) is 0 Å². The van der Waals surface area contributed by atoms with Crippen LogP contribution in [0.3, 0.4) is 0 Å². The fourth-order valence-electron chi connectivity index (χ4n) is 0.775. The normalized spacial score (nSPS) is 9.18. The number of carbonyl (C=O) groups excluding carboxylic acids is 2. The smallest absolute Gasteiger partial charge is 0.407 e.